The van der Waals surface area contributed by atoms with Crippen molar-refractivity contribution in [2.75, 3.05) is 18.8 Å². The maximum Gasteiger partial charge on any atom is 0.256 e. The Morgan fingerprint density at radius 1 is 1.32 bits per heavy atom. The molecule has 0 bridgehead atoms. The van der Waals surface area contributed by atoms with E-state index in [1.54, 1.807) is 23.3 Å². The maximum atomic E-state index is 12.5. The molecule has 9 heteroatoms. The predicted molar refractivity (Wildman–Crippen MR) is 100.0 cm³/mol. The molecule has 0 spiro atoms. The quantitative estimate of drug-likeness (QED) is 0.745. The molecule has 25 heavy (non-hydrogen) atoms. The molecule has 2 aliphatic heterocycles. The smallest absolute Gasteiger partial charge is 0.256 e. The molecule has 7 nitrogen and oxygen atoms in total. The Morgan fingerprint density at radius 3 is 2.72 bits per heavy atom. The third-order valence-corrected chi connectivity index (χ3v) is 6.04. The lowest BCUT2D eigenvalue weighted by Gasteiger charge is -2.31. The highest BCUT2D eigenvalue weighted by atomic mass is 35.5. The van der Waals surface area contributed by atoms with E-state index in [9.17, 15) is 13.2 Å². The minimum absolute atomic E-state index is 0. The van der Waals surface area contributed by atoms with Gasteiger partial charge in [-0.05, 0) is 30.9 Å². The summed E-state index contributed by atoms with van der Waals surface area (Å²) < 4.78 is 26.7. The molecule has 1 saturated carbocycles. The van der Waals surface area contributed by atoms with E-state index >= 15 is 0 Å². The lowest BCUT2D eigenvalue weighted by molar-refractivity contribution is -0.118. The van der Waals surface area contributed by atoms with E-state index in [1.807, 2.05) is 0 Å². The zero-order valence-corrected chi connectivity index (χ0v) is 15.7. The number of amides is 1. The van der Waals surface area contributed by atoms with Crippen LogP contribution in [0.2, 0.25) is 0 Å². The van der Waals surface area contributed by atoms with Crippen LogP contribution in [0.1, 0.15) is 32.1 Å². The number of nitrogens with two attached hydrogens (primary N) is 1. The molecule has 0 aromatic heterocycles. The van der Waals surface area contributed by atoms with Crippen molar-refractivity contribution < 1.29 is 13.2 Å². The first kappa shape index (κ1) is 19.9. The molecule has 1 atom stereocenters. The van der Waals surface area contributed by atoms with Crippen molar-refractivity contribution >= 4 is 34.2 Å². The summed E-state index contributed by atoms with van der Waals surface area (Å²) in [5.41, 5.74) is 6.37. The molecule has 2 heterocycles. The van der Waals surface area contributed by atoms with Crippen molar-refractivity contribution in [1.82, 2.24) is 10.2 Å². The van der Waals surface area contributed by atoms with Crippen LogP contribution in [0.25, 0.3) is 0 Å². The summed E-state index contributed by atoms with van der Waals surface area (Å²) in [7, 11) is -3.38. The Morgan fingerprint density at radius 2 is 2.04 bits per heavy atom. The SMILES string of the molecule is Cl.NCC(NC(=O)C1=CN2CCS(=O)(=O)N=C2C=C1)C1CCCCC1. The summed E-state index contributed by atoms with van der Waals surface area (Å²) in [6.07, 6.45) is 10.7. The van der Waals surface area contributed by atoms with E-state index in [2.05, 4.69) is 9.71 Å². The highest BCUT2D eigenvalue weighted by Gasteiger charge is 2.27. The second-order valence-corrected chi connectivity index (χ2v) is 8.32. The van der Waals surface area contributed by atoms with Crippen LogP contribution in [0.5, 0.6) is 0 Å². The van der Waals surface area contributed by atoms with Gasteiger partial charge in [-0.2, -0.15) is 0 Å². The first-order valence-electron chi connectivity index (χ1n) is 8.48. The van der Waals surface area contributed by atoms with Crippen LogP contribution in [-0.4, -0.2) is 49.9 Å². The second kappa shape index (κ2) is 8.33. The average molecular weight is 389 g/mol. The number of carbonyl (C=O) groups excluding carboxylic acids is 1. The Labute approximate surface area is 154 Å². The van der Waals surface area contributed by atoms with Gasteiger partial charge in [0.05, 0.1) is 11.3 Å². The van der Waals surface area contributed by atoms with Gasteiger partial charge in [-0.25, -0.2) is 8.42 Å². The Bertz CT molecular complexity index is 696. The molecule has 1 unspecified atom stereocenters. The van der Waals surface area contributed by atoms with Gasteiger partial charge in [0.15, 0.2) is 0 Å². The molecule has 3 aliphatic rings. The first-order valence-corrected chi connectivity index (χ1v) is 10.1. The molecule has 3 rings (SSSR count). The molecule has 3 N–H and O–H groups in total. The summed E-state index contributed by atoms with van der Waals surface area (Å²) >= 11 is 0. The normalized spacial score (nSPS) is 23.6. The molecule has 1 aliphatic carbocycles. The Hall–Kier alpha value is -1.38. The van der Waals surface area contributed by atoms with E-state index in [0.717, 1.165) is 12.8 Å². The number of hydrogen-bond donors (Lipinski definition) is 2. The summed E-state index contributed by atoms with van der Waals surface area (Å²) in [4.78, 5) is 14.2. The zero-order chi connectivity index (χ0) is 17.2. The van der Waals surface area contributed by atoms with Crippen LogP contribution >= 0.6 is 12.4 Å². The number of carbonyl (C=O) groups is 1. The molecule has 140 valence electrons. The monoisotopic (exact) mass is 388 g/mol. The Kier molecular flexibility index (Phi) is 6.65. The number of sulfonamides is 1. The number of halogens is 1. The topological polar surface area (TPSA) is 105 Å². The van der Waals surface area contributed by atoms with Crippen LogP contribution in [0.3, 0.4) is 0 Å². The van der Waals surface area contributed by atoms with Gasteiger partial charge in [-0.3, -0.25) is 4.79 Å². The summed E-state index contributed by atoms with van der Waals surface area (Å²) in [5.74, 6) is 0.599. The first-order chi connectivity index (χ1) is 11.5. The molecule has 0 aromatic rings. The number of rotatable bonds is 4. The zero-order valence-electron chi connectivity index (χ0n) is 14.1. The average Bonchev–Trinajstić information content (AvgIpc) is 2.59. The minimum Gasteiger partial charge on any atom is -0.348 e. The molecule has 0 aromatic carbocycles. The van der Waals surface area contributed by atoms with Crippen molar-refractivity contribution in [3.8, 4) is 0 Å². The fourth-order valence-corrected chi connectivity index (χ4v) is 4.46. The molecular formula is C16H25ClN4O3S. The molecule has 0 radical (unpaired) electrons. The van der Waals surface area contributed by atoms with Gasteiger partial charge in [0.1, 0.15) is 5.84 Å². The lowest BCUT2D eigenvalue weighted by atomic mass is 9.84. The number of fused-ring (bicyclic) bond motifs is 1. The Balaban J connectivity index is 0.00000225. The minimum atomic E-state index is -3.38. The maximum absolute atomic E-state index is 12.5. The van der Waals surface area contributed by atoms with Gasteiger partial charge in [0.2, 0.25) is 0 Å². The van der Waals surface area contributed by atoms with Crippen molar-refractivity contribution in [3.05, 3.63) is 23.9 Å². The van der Waals surface area contributed by atoms with Crippen LogP contribution in [0, 0.1) is 5.92 Å². The van der Waals surface area contributed by atoms with Gasteiger partial charge in [-0.1, -0.05) is 19.3 Å². The van der Waals surface area contributed by atoms with Crippen LogP contribution in [0.4, 0.5) is 0 Å². The fraction of sp³-hybridized carbons (Fsp3) is 0.625. The third-order valence-electron chi connectivity index (χ3n) is 4.88. The van der Waals surface area contributed by atoms with E-state index < -0.39 is 10.0 Å². The number of nitrogens with zero attached hydrogens (tertiary/aromatic N) is 2. The predicted octanol–water partition coefficient (Wildman–Crippen LogP) is 0.930. The second-order valence-electron chi connectivity index (χ2n) is 6.56. The van der Waals surface area contributed by atoms with Crippen LogP contribution in [-0.2, 0) is 14.8 Å². The number of hydrogen-bond acceptors (Lipinski definition) is 5. The lowest BCUT2D eigenvalue weighted by Crippen LogP contribution is -2.47. The van der Waals surface area contributed by atoms with E-state index in [0.29, 0.717) is 30.4 Å². The third kappa shape index (κ3) is 4.83. The van der Waals surface area contributed by atoms with Gasteiger partial charge in [0.25, 0.3) is 15.9 Å². The van der Waals surface area contributed by atoms with Gasteiger partial charge >= 0.3 is 0 Å². The van der Waals surface area contributed by atoms with Crippen molar-refractivity contribution in [2.24, 2.45) is 16.0 Å². The van der Waals surface area contributed by atoms with E-state index in [4.69, 9.17) is 5.73 Å². The number of nitrogens with one attached hydrogen (secondary N) is 1. The molecule has 1 fully saturated rings. The summed E-state index contributed by atoms with van der Waals surface area (Å²) in [6.45, 7) is 0.743. The van der Waals surface area contributed by atoms with Crippen molar-refractivity contribution in [2.45, 2.75) is 38.1 Å². The van der Waals surface area contributed by atoms with Gasteiger partial charge < -0.3 is 16.0 Å². The molecule has 0 saturated heterocycles. The number of amidine groups is 1. The summed E-state index contributed by atoms with van der Waals surface area (Å²) in [6, 6.07) is -0.0103. The van der Waals surface area contributed by atoms with E-state index in [1.165, 1.54) is 19.3 Å². The highest BCUT2D eigenvalue weighted by Crippen LogP contribution is 2.26. The highest BCUT2D eigenvalue weighted by molar-refractivity contribution is 7.90. The van der Waals surface area contributed by atoms with E-state index in [-0.39, 0.29) is 30.1 Å². The van der Waals surface area contributed by atoms with Gasteiger partial charge in [-0.15, -0.1) is 16.8 Å². The molecular weight excluding hydrogens is 364 g/mol. The molecule has 1 amide bonds. The standard InChI is InChI=1S/C16H24N4O3S.ClH/c17-10-14(12-4-2-1-3-5-12)18-16(21)13-6-7-15-19-24(22,23)9-8-20(15)11-13;/h6-7,11-12,14H,1-5,8-10,17H2,(H,18,21);1H. The van der Waals surface area contributed by atoms with Crippen molar-refractivity contribution in [1.29, 1.82) is 0 Å². The fourth-order valence-electron chi connectivity index (χ4n) is 3.49. The summed E-state index contributed by atoms with van der Waals surface area (Å²) in [5, 5.41) is 3.05. The van der Waals surface area contributed by atoms with Crippen molar-refractivity contribution in [3.63, 3.8) is 0 Å². The van der Waals surface area contributed by atoms with Crippen LogP contribution in [0.15, 0.2) is 28.3 Å². The van der Waals surface area contributed by atoms with Gasteiger partial charge in [0, 0.05) is 25.3 Å². The largest absolute Gasteiger partial charge is 0.348 e. The van der Waals surface area contributed by atoms with Crippen LogP contribution < -0.4 is 11.1 Å².